The van der Waals surface area contributed by atoms with E-state index in [-0.39, 0.29) is 11.6 Å². The van der Waals surface area contributed by atoms with Crippen LogP contribution in [-0.2, 0) is 11.0 Å². The second kappa shape index (κ2) is 8.89. The highest BCUT2D eigenvalue weighted by Gasteiger charge is 2.32. The third-order valence-electron chi connectivity index (χ3n) is 5.28. The molecule has 2 heterocycles. The Morgan fingerprint density at radius 1 is 1.22 bits per heavy atom. The molecule has 1 aromatic heterocycles. The number of alkyl halides is 3. The maximum Gasteiger partial charge on any atom is 0.416 e. The predicted octanol–water partition coefficient (Wildman–Crippen LogP) is 4.62. The number of hydrogen-bond donors (Lipinski definition) is 1. The summed E-state index contributed by atoms with van der Waals surface area (Å²) in [7, 11) is 1.58. The molecule has 10 heteroatoms. The first-order chi connectivity index (χ1) is 15.3. The van der Waals surface area contributed by atoms with Gasteiger partial charge in [0.2, 0.25) is 11.7 Å². The minimum atomic E-state index is -4.47. The van der Waals surface area contributed by atoms with Crippen LogP contribution in [0.4, 0.5) is 24.9 Å². The van der Waals surface area contributed by atoms with Gasteiger partial charge in [-0.05, 0) is 55.3 Å². The topological polar surface area (TPSA) is 80.5 Å². The van der Waals surface area contributed by atoms with E-state index in [0.717, 1.165) is 17.7 Å². The van der Waals surface area contributed by atoms with Gasteiger partial charge in [-0.15, -0.1) is 0 Å². The molecule has 4 rings (SSSR count). The number of methoxy groups -OCH3 is 1. The van der Waals surface area contributed by atoms with Crippen molar-refractivity contribution in [2.24, 2.45) is 5.92 Å². The van der Waals surface area contributed by atoms with E-state index in [0.29, 0.717) is 43.5 Å². The van der Waals surface area contributed by atoms with Gasteiger partial charge in [0.15, 0.2) is 0 Å². The Bertz CT molecular complexity index is 1080. The molecule has 32 heavy (non-hydrogen) atoms. The van der Waals surface area contributed by atoms with Crippen LogP contribution >= 0.6 is 0 Å². The SMILES string of the molecule is COc1ccc(-c2noc(N3CCC[C@H](C(=O)Nc4cccc(C(F)(F)F)c4)C3)n2)cc1. The number of ether oxygens (including phenoxy) is 1. The van der Waals surface area contributed by atoms with Gasteiger partial charge in [-0.3, -0.25) is 4.79 Å². The molecule has 1 N–H and O–H groups in total. The molecule has 3 aromatic rings. The van der Waals surface area contributed by atoms with Crippen LogP contribution in [0.5, 0.6) is 5.75 Å². The highest BCUT2D eigenvalue weighted by Crippen LogP contribution is 2.31. The lowest BCUT2D eigenvalue weighted by Gasteiger charge is -2.30. The van der Waals surface area contributed by atoms with E-state index < -0.39 is 17.7 Å². The van der Waals surface area contributed by atoms with Gasteiger partial charge in [-0.2, -0.15) is 18.2 Å². The molecular formula is C22H21F3N4O3. The summed E-state index contributed by atoms with van der Waals surface area (Å²) in [5, 5.41) is 6.61. The zero-order chi connectivity index (χ0) is 22.7. The second-order valence-electron chi connectivity index (χ2n) is 7.48. The molecule has 2 aromatic carbocycles. The molecule has 1 amide bonds. The van der Waals surface area contributed by atoms with Gasteiger partial charge in [0, 0.05) is 24.3 Å². The molecular weight excluding hydrogens is 425 g/mol. The molecule has 7 nitrogen and oxygen atoms in total. The third kappa shape index (κ3) is 4.84. The molecule has 0 radical (unpaired) electrons. The Labute approximate surface area is 182 Å². The number of benzene rings is 2. The van der Waals surface area contributed by atoms with Crippen LogP contribution in [0.1, 0.15) is 18.4 Å². The summed E-state index contributed by atoms with van der Waals surface area (Å²) in [6.45, 7) is 0.965. The average molecular weight is 446 g/mol. The lowest BCUT2D eigenvalue weighted by Crippen LogP contribution is -2.41. The number of rotatable bonds is 5. The van der Waals surface area contributed by atoms with Crippen LogP contribution in [0, 0.1) is 5.92 Å². The summed E-state index contributed by atoms with van der Waals surface area (Å²) in [4.78, 5) is 18.9. The van der Waals surface area contributed by atoms with Crippen molar-refractivity contribution in [3.8, 4) is 17.1 Å². The number of carbonyl (C=O) groups is 1. The van der Waals surface area contributed by atoms with Gasteiger partial charge in [0.1, 0.15) is 5.75 Å². The first kappa shape index (κ1) is 21.7. The summed E-state index contributed by atoms with van der Waals surface area (Å²) in [6.07, 6.45) is -3.15. The van der Waals surface area contributed by atoms with Crippen LogP contribution in [-0.4, -0.2) is 36.2 Å². The number of hydrogen-bond acceptors (Lipinski definition) is 6. The van der Waals surface area contributed by atoms with E-state index in [1.165, 1.54) is 12.1 Å². The number of amides is 1. The number of carbonyl (C=O) groups excluding carboxylic acids is 1. The fourth-order valence-electron chi connectivity index (χ4n) is 3.58. The number of nitrogens with zero attached hydrogens (tertiary/aromatic N) is 3. The summed E-state index contributed by atoms with van der Waals surface area (Å²) < 4.78 is 49.3. The Morgan fingerprint density at radius 3 is 2.72 bits per heavy atom. The maximum atomic E-state index is 12.9. The van der Waals surface area contributed by atoms with Crippen molar-refractivity contribution >= 4 is 17.6 Å². The first-order valence-electron chi connectivity index (χ1n) is 10.0. The quantitative estimate of drug-likeness (QED) is 0.616. The van der Waals surface area contributed by atoms with Gasteiger partial charge in [0.05, 0.1) is 18.6 Å². The second-order valence-corrected chi connectivity index (χ2v) is 7.48. The zero-order valence-electron chi connectivity index (χ0n) is 17.2. The van der Waals surface area contributed by atoms with Crippen molar-refractivity contribution in [1.29, 1.82) is 0 Å². The Kier molecular flexibility index (Phi) is 6.02. The van der Waals surface area contributed by atoms with E-state index in [1.54, 1.807) is 19.2 Å². The number of halogens is 3. The molecule has 168 valence electrons. The third-order valence-corrected chi connectivity index (χ3v) is 5.28. The van der Waals surface area contributed by atoms with Gasteiger partial charge >= 0.3 is 12.2 Å². The molecule has 1 fully saturated rings. The molecule has 0 aliphatic carbocycles. The smallest absolute Gasteiger partial charge is 0.416 e. The minimum Gasteiger partial charge on any atom is -0.497 e. The molecule has 0 saturated carbocycles. The fourth-order valence-corrected chi connectivity index (χ4v) is 3.58. The molecule has 0 spiro atoms. The normalized spacial score (nSPS) is 16.6. The minimum absolute atomic E-state index is 0.113. The average Bonchev–Trinajstić information content (AvgIpc) is 3.29. The van der Waals surface area contributed by atoms with Crippen LogP contribution < -0.4 is 15.0 Å². The molecule has 0 bridgehead atoms. The van der Waals surface area contributed by atoms with Crippen LogP contribution in [0.2, 0.25) is 0 Å². The first-order valence-corrected chi connectivity index (χ1v) is 10.0. The van der Waals surface area contributed by atoms with Crippen molar-refractivity contribution in [1.82, 2.24) is 10.1 Å². The molecule has 0 unspecified atom stereocenters. The van der Waals surface area contributed by atoms with Gasteiger partial charge in [-0.25, -0.2) is 0 Å². The van der Waals surface area contributed by atoms with Crippen molar-refractivity contribution in [2.75, 3.05) is 30.4 Å². The van der Waals surface area contributed by atoms with E-state index in [2.05, 4.69) is 15.5 Å². The maximum absolute atomic E-state index is 12.9. The molecule has 1 aliphatic heterocycles. The molecule has 1 atom stereocenters. The lowest BCUT2D eigenvalue weighted by atomic mass is 9.97. The number of aromatic nitrogens is 2. The zero-order valence-corrected chi connectivity index (χ0v) is 17.2. The predicted molar refractivity (Wildman–Crippen MR) is 111 cm³/mol. The molecule has 1 aliphatic rings. The van der Waals surface area contributed by atoms with Crippen LogP contribution in [0.25, 0.3) is 11.4 Å². The Morgan fingerprint density at radius 2 is 2.00 bits per heavy atom. The number of anilines is 2. The van der Waals surface area contributed by atoms with Crippen LogP contribution in [0.15, 0.2) is 53.1 Å². The van der Waals surface area contributed by atoms with E-state index in [9.17, 15) is 18.0 Å². The van der Waals surface area contributed by atoms with Gasteiger partial charge in [-0.1, -0.05) is 11.2 Å². The van der Waals surface area contributed by atoms with E-state index >= 15 is 0 Å². The van der Waals surface area contributed by atoms with Crippen molar-refractivity contribution in [3.63, 3.8) is 0 Å². The Hall–Kier alpha value is -3.56. The molecule has 1 saturated heterocycles. The highest BCUT2D eigenvalue weighted by atomic mass is 19.4. The summed E-state index contributed by atoms with van der Waals surface area (Å²) in [6, 6.07) is 12.1. The van der Waals surface area contributed by atoms with Crippen LogP contribution in [0.3, 0.4) is 0 Å². The summed E-state index contributed by atoms with van der Waals surface area (Å²) in [5.74, 6) is 0.361. The number of piperidine rings is 1. The van der Waals surface area contributed by atoms with E-state index in [1.807, 2.05) is 17.0 Å². The van der Waals surface area contributed by atoms with Crippen molar-refractivity contribution < 1.29 is 27.2 Å². The Balaban J connectivity index is 1.42. The largest absolute Gasteiger partial charge is 0.497 e. The van der Waals surface area contributed by atoms with Crippen molar-refractivity contribution in [3.05, 3.63) is 54.1 Å². The van der Waals surface area contributed by atoms with E-state index in [4.69, 9.17) is 9.26 Å². The number of nitrogens with one attached hydrogen (secondary N) is 1. The van der Waals surface area contributed by atoms with Crippen molar-refractivity contribution in [2.45, 2.75) is 19.0 Å². The monoisotopic (exact) mass is 446 g/mol. The fraction of sp³-hybridized carbons (Fsp3) is 0.318. The van der Waals surface area contributed by atoms with Gasteiger partial charge < -0.3 is 19.5 Å². The van der Waals surface area contributed by atoms with Gasteiger partial charge in [0.25, 0.3) is 0 Å². The lowest BCUT2D eigenvalue weighted by molar-refractivity contribution is -0.137. The highest BCUT2D eigenvalue weighted by molar-refractivity contribution is 5.93. The standard InChI is InChI=1S/C22H21F3N4O3/c1-31-18-9-7-14(8-10-18)19-27-21(32-28-19)29-11-3-4-15(13-29)20(30)26-17-6-2-5-16(12-17)22(23,24)25/h2,5-10,12,15H,3-4,11,13H2,1H3,(H,26,30)/t15-/m0/s1. The summed E-state index contributed by atoms with van der Waals surface area (Å²) in [5.41, 5.74) is 0.0654. The summed E-state index contributed by atoms with van der Waals surface area (Å²) >= 11 is 0.